The molecule has 1 heterocycles. The van der Waals surface area contributed by atoms with E-state index >= 15 is 0 Å². The number of aryl methyl sites for hydroxylation is 1. The Hall–Kier alpha value is -1.85. The predicted octanol–water partition coefficient (Wildman–Crippen LogP) is 7.21. The lowest BCUT2D eigenvalue weighted by atomic mass is 9.80. The van der Waals surface area contributed by atoms with Crippen LogP contribution in [0.1, 0.15) is 96.4 Å². The summed E-state index contributed by atoms with van der Waals surface area (Å²) in [5.41, 5.74) is 5.77. The molecule has 1 amide bonds. The smallest absolute Gasteiger partial charge is 0.230 e. The summed E-state index contributed by atoms with van der Waals surface area (Å²) < 4.78 is 0. The van der Waals surface area contributed by atoms with Crippen LogP contribution in [0.5, 0.6) is 0 Å². The Morgan fingerprint density at radius 1 is 1.03 bits per heavy atom. The van der Waals surface area contributed by atoms with E-state index < -0.39 is 0 Å². The summed E-state index contributed by atoms with van der Waals surface area (Å²) in [4.78, 5) is 15.8. The lowest BCUT2D eigenvalue weighted by Crippen LogP contribution is -2.27. The van der Waals surface area contributed by atoms with Gasteiger partial charge in [0, 0.05) is 31.3 Å². The number of nitrogens with one attached hydrogen (secondary N) is 1. The number of hydrogen-bond acceptors (Lipinski definition) is 4. The Bertz CT molecular complexity index is 869. The standard InChI is InChI=1S/C15H22N2OS.C15H24.CH4O/c1-12-5-2-3-7-14(12)19-11-15(18)17-10-13-6-4-8-16-9-13;1-11-8-12(14(2,3)4)10-13(9-11)15(5,6)7;1-2/h4,6,8-9,12,14H,2-3,5,7,10-11H2,1H3,(H,17,18);8-10H,1-7H3;2H,1H3/t12?,14-;;/m0../s1. The van der Waals surface area contributed by atoms with Gasteiger partial charge >= 0.3 is 0 Å². The van der Waals surface area contributed by atoms with Crippen LogP contribution in [-0.4, -0.2) is 34.1 Å². The zero-order valence-corrected chi connectivity index (χ0v) is 25.0. The first-order valence-electron chi connectivity index (χ1n) is 13.2. The van der Waals surface area contributed by atoms with E-state index in [1.54, 1.807) is 12.4 Å². The van der Waals surface area contributed by atoms with Crippen LogP contribution in [0.4, 0.5) is 0 Å². The molecule has 4 nitrogen and oxygen atoms in total. The summed E-state index contributed by atoms with van der Waals surface area (Å²) in [5, 5.41) is 10.6. The first-order valence-corrected chi connectivity index (χ1v) is 14.3. The van der Waals surface area contributed by atoms with Crippen molar-refractivity contribution in [3.63, 3.8) is 0 Å². The Morgan fingerprint density at radius 3 is 2.11 bits per heavy atom. The van der Waals surface area contributed by atoms with Crippen LogP contribution in [0.25, 0.3) is 0 Å². The number of aliphatic hydroxyl groups excluding tert-OH is 1. The van der Waals surface area contributed by atoms with Gasteiger partial charge in [-0.15, -0.1) is 11.8 Å². The van der Waals surface area contributed by atoms with Gasteiger partial charge in [0.25, 0.3) is 0 Å². The van der Waals surface area contributed by atoms with Crippen LogP contribution in [0.15, 0.2) is 42.7 Å². The molecule has 3 rings (SSSR count). The molecule has 5 heteroatoms. The molecular weight excluding hydrogens is 464 g/mol. The minimum absolute atomic E-state index is 0.131. The first kappa shape index (κ1) is 32.2. The Labute approximate surface area is 225 Å². The number of hydrogen-bond donors (Lipinski definition) is 2. The fourth-order valence-corrected chi connectivity index (χ4v) is 5.38. The average molecular weight is 515 g/mol. The number of amides is 1. The third-order valence-corrected chi connectivity index (χ3v) is 8.04. The Kier molecular flexibility index (Phi) is 13.8. The third-order valence-electron chi connectivity index (χ3n) is 6.48. The average Bonchev–Trinajstić information content (AvgIpc) is 2.83. The summed E-state index contributed by atoms with van der Waals surface area (Å²) in [6, 6.07) is 10.8. The fraction of sp³-hybridized carbons (Fsp3) is 0.613. The molecule has 0 spiro atoms. The largest absolute Gasteiger partial charge is 0.400 e. The summed E-state index contributed by atoms with van der Waals surface area (Å²) in [7, 11) is 1.00. The molecule has 0 aliphatic heterocycles. The molecule has 1 aromatic heterocycles. The maximum atomic E-state index is 11.8. The van der Waals surface area contributed by atoms with E-state index in [4.69, 9.17) is 5.11 Å². The zero-order valence-electron chi connectivity index (χ0n) is 24.1. The van der Waals surface area contributed by atoms with Gasteiger partial charge in [0.2, 0.25) is 5.91 Å². The monoisotopic (exact) mass is 514 g/mol. The molecule has 1 aromatic carbocycles. The lowest BCUT2D eigenvalue weighted by Gasteiger charge is -2.27. The maximum absolute atomic E-state index is 11.8. The van der Waals surface area contributed by atoms with E-state index in [0.29, 0.717) is 17.5 Å². The van der Waals surface area contributed by atoms with Crippen LogP contribution < -0.4 is 5.32 Å². The van der Waals surface area contributed by atoms with E-state index in [0.717, 1.165) is 18.6 Å². The quantitative estimate of drug-likeness (QED) is 0.442. The molecule has 1 aliphatic carbocycles. The van der Waals surface area contributed by atoms with Gasteiger partial charge in [-0.1, -0.05) is 91.1 Å². The van der Waals surface area contributed by atoms with Crippen molar-refractivity contribution in [3.05, 3.63) is 65.0 Å². The van der Waals surface area contributed by atoms with Crippen molar-refractivity contribution in [2.45, 2.75) is 104 Å². The van der Waals surface area contributed by atoms with Gasteiger partial charge in [-0.25, -0.2) is 0 Å². The van der Waals surface area contributed by atoms with E-state index in [2.05, 4.69) is 83.9 Å². The second-order valence-electron chi connectivity index (χ2n) is 11.8. The molecular formula is C31H50N2O2S. The molecule has 2 N–H and O–H groups in total. The summed E-state index contributed by atoms with van der Waals surface area (Å²) in [6.07, 6.45) is 8.78. The number of pyridine rings is 1. The number of carbonyl (C=O) groups excluding carboxylic acids is 1. The van der Waals surface area contributed by atoms with Gasteiger partial charge in [-0.2, -0.15) is 0 Å². The zero-order chi connectivity index (χ0) is 27.4. The van der Waals surface area contributed by atoms with E-state index in [9.17, 15) is 4.79 Å². The van der Waals surface area contributed by atoms with Crippen molar-refractivity contribution in [1.29, 1.82) is 0 Å². The Morgan fingerprint density at radius 2 is 1.61 bits per heavy atom. The van der Waals surface area contributed by atoms with E-state index in [-0.39, 0.29) is 16.7 Å². The van der Waals surface area contributed by atoms with Crippen LogP contribution in [0.3, 0.4) is 0 Å². The van der Waals surface area contributed by atoms with Gasteiger partial charge < -0.3 is 10.4 Å². The van der Waals surface area contributed by atoms with Gasteiger partial charge in [-0.3, -0.25) is 9.78 Å². The summed E-state index contributed by atoms with van der Waals surface area (Å²) >= 11 is 1.82. The van der Waals surface area contributed by atoms with Crippen LogP contribution in [-0.2, 0) is 22.2 Å². The highest BCUT2D eigenvalue weighted by molar-refractivity contribution is 8.00. The van der Waals surface area contributed by atoms with Crippen molar-refractivity contribution in [3.8, 4) is 0 Å². The summed E-state index contributed by atoms with van der Waals surface area (Å²) in [5.74, 6) is 1.46. The SMILES string of the molecule is CC1CCCC[C@@H]1SCC(=O)NCc1cccnc1.CO.Cc1cc(C(C)(C)C)cc(C(C)(C)C)c1. The lowest BCUT2D eigenvalue weighted by molar-refractivity contribution is -0.118. The maximum Gasteiger partial charge on any atom is 0.230 e. The second kappa shape index (κ2) is 15.4. The predicted molar refractivity (Wildman–Crippen MR) is 157 cm³/mol. The molecule has 1 aliphatic rings. The molecule has 2 aromatic rings. The molecule has 0 saturated heterocycles. The van der Waals surface area contributed by atoms with Crippen LogP contribution in [0, 0.1) is 12.8 Å². The van der Waals surface area contributed by atoms with Crippen molar-refractivity contribution in [2.24, 2.45) is 5.92 Å². The highest BCUT2D eigenvalue weighted by Gasteiger charge is 2.22. The van der Waals surface area contributed by atoms with Gasteiger partial charge in [0.05, 0.1) is 5.75 Å². The van der Waals surface area contributed by atoms with Crippen LogP contribution in [0.2, 0.25) is 0 Å². The van der Waals surface area contributed by atoms with Crippen molar-refractivity contribution in [2.75, 3.05) is 12.9 Å². The third kappa shape index (κ3) is 11.9. The highest BCUT2D eigenvalue weighted by atomic mass is 32.2. The number of nitrogens with zero attached hydrogens (tertiary/aromatic N) is 1. The number of benzene rings is 1. The van der Waals surface area contributed by atoms with Crippen molar-refractivity contribution < 1.29 is 9.90 Å². The topological polar surface area (TPSA) is 62.2 Å². The minimum atomic E-state index is 0.131. The number of carbonyl (C=O) groups is 1. The van der Waals surface area contributed by atoms with Gasteiger partial charge in [0.1, 0.15) is 0 Å². The fourth-order valence-electron chi connectivity index (χ4n) is 4.12. The van der Waals surface area contributed by atoms with E-state index in [1.165, 1.54) is 42.4 Å². The molecule has 0 radical (unpaired) electrons. The van der Waals surface area contributed by atoms with Crippen molar-refractivity contribution >= 4 is 17.7 Å². The van der Waals surface area contributed by atoms with Gasteiger partial charge in [0.15, 0.2) is 0 Å². The molecule has 1 unspecified atom stereocenters. The molecule has 1 saturated carbocycles. The van der Waals surface area contributed by atoms with Crippen LogP contribution >= 0.6 is 11.8 Å². The molecule has 2 atom stereocenters. The highest BCUT2D eigenvalue weighted by Crippen LogP contribution is 2.33. The second-order valence-corrected chi connectivity index (χ2v) is 13.1. The number of rotatable bonds is 5. The number of aliphatic hydroxyl groups is 1. The normalized spacial score (nSPS) is 17.7. The molecule has 0 bridgehead atoms. The minimum Gasteiger partial charge on any atom is -0.400 e. The number of aromatic nitrogens is 1. The van der Waals surface area contributed by atoms with Gasteiger partial charge in [-0.05, 0) is 59.3 Å². The Balaban J connectivity index is 0.000000346. The molecule has 202 valence electrons. The molecule has 36 heavy (non-hydrogen) atoms. The number of thioether (sulfide) groups is 1. The first-order chi connectivity index (χ1) is 16.9. The molecule has 1 fully saturated rings. The van der Waals surface area contributed by atoms with Crippen molar-refractivity contribution in [1.82, 2.24) is 10.3 Å². The van der Waals surface area contributed by atoms with E-state index in [1.807, 2.05) is 23.9 Å². The summed E-state index contributed by atoms with van der Waals surface area (Å²) in [6.45, 7) is 18.7.